The van der Waals surface area contributed by atoms with Gasteiger partial charge < -0.3 is 10.1 Å². The van der Waals surface area contributed by atoms with Gasteiger partial charge in [-0.3, -0.25) is 0 Å². The molecule has 0 spiro atoms. The summed E-state index contributed by atoms with van der Waals surface area (Å²) in [5, 5.41) is 4.66. The lowest BCUT2D eigenvalue weighted by atomic mass is 9.87. The molecule has 1 heterocycles. The Balaban J connectivity index is 1.74. The highest BCUT2D eigenvalue weighted by atomic mass is 32.1. The Kier molecular flexibility index (Phi) is 4.24. The Bertz CT molecular complexity index is 315. The summed E-state index contributed by atoms with van der Waals surface area (Å²) in [6.07, 6.45) is 5.43. The number of hydrogen-bond acceptors (Lipinski definition) is 3. The van der Waals surface area contributed by atoms with Crippen molar-refractivity contribution in [1.82, 2.24) is 5.32 Å². The molecule has 2 rings (SSSR count). The molecular weight excluding hydrogens is 218 g/mol. The van der Waals surface area contributed by atoms with E-state index in [1.165, 1.54) is 30.6 Å². The standard InChI is InChI=1S/C13H21NOS/c1-10-3-5-11(6-4-10)14-9-12-7-8-13(15-2)16-12/h7-8,10-11,14H,3-6,9H2,1-2H3. The van der Waals surface area contributed by atoms with Gasteiger partial charge in [-0.25, -0.2) is 0 Å². The SMILES string of the molecule is COc1ccc(CNC2CCC(C)CC2)s1. The fourth-order valence-electron chi connectivity index (χ4n) is 2.27. The number of nitrogens with one attached hydrogen (secondary N) is 1. The minimum absolute atomic E-state index is 0.726. The van der Waals surface area contributed by atoms with Crippen molar-refractivity contribution in [3.05, 3.63) is 17.0 Å². The third kappa shape index (κ3) is 3.22. The fraction of sp³-hybridized carbons (Fsp3) is 0.692. The number of ether oxygens (including phenoxy) is 1. The number of methoxy groups -OCH3 is 1. The molecule has 0 bridgehead atoms. The van der Waals surface area contributed by atoms with Crippen LogP contribution in [-0.4, -0.2) is 13.2 Å². The second-order valence-corrected chi connectivity index (χ2v) is 5.89. The summed E-state index contributed by atoms with van der Waals surface area (Å²) < 4.78 is 5.19. The van der Waals surface area contributed by atoms with E-state index >= 15 is 0 Å². The summed E-state index contributed by atoms with van der Waals surface area (Å²) in [5.41, 5.74) is 0. The Morgan fingerprint density at radius 3 is 2.69 bits per heavy atom. The fourth-order valence-corrected chi connectivity index (χ4v) is 3.04. The van der Waals surface area contributed by atoms with E-state index in [1.807, 2.05) is 6.07 Å². The van der Waals surface area contributed by atoms with Gasteiger partial charge in [0.15, 0.2) is 5.06 Å². The molecular formula is C13H21NOS. The van der Waals surface area contributed by atoms with E-state index in [1.54, 1.807) is 18.4 Å². The Labute approximate surface area is 102 Å². The van der Waals surface area contributed by atoms with E-state index in [0.717, 1.165) is 23.6 Å². The molecule has 0 aromatic carbocycles. The zero-order valence-electron chi connectivity index (χ0n) is 10.2. The molecule has 1 aliphatic carbocycles. The molecule has 90 valence electrons. The quantitative estimate of drug-likeness (QED) is 0.869. The van der Waals surface area contributed by atoms with Gasteiger partial charge in [0, 0.05) is 17.5 Å². The summed E-state index contributed by atoms with van der Waals surface area (Å²) in [4.78, 5) is 1.37. The normalized spacial score (nSPS) is 25.6. The summed E-state index contributed by atoms with van der Waals surface area (Å²) in [6, 6.07) is 4.93. The van der Waals surface area contributed by atoms with Gasteiger partial charge in [-0.15, -0.1) is 11.3 Å². The second kappa shape index (κ2) is 5.69. The Morgan fingerprint density at radius 2 is 2.06 bits per heavy atom. The third-order valence-electron chi connectivity index (χ3n) is 3.42. The molecule has 2 nitrogen and oxygen atoms in total. The average molecular weight is 239 g/mol. The van der Waals surface area contributed by atoms with Crippen LogP contribution >= 0.6 is 11.3 Å². The van der Waals surface area contributed by atoms with Gasteiger partial charge in [0.05, 0.1) is 7.11 Å². The Hall–Kier alpha value is -0.540. The molecule has 1 fully saturated rings. The first-order valence-electron chi connectivity index (χ1n) is 6.14. The largest absolute Gasteiger partial charge is 0.487 e. The number of rotatable bonds is 4. The molecule has 0 aliphatic heterocycles. The predicted octanol–water partition coefficient (Wildman–Crippen LogP) is 3.43. The van der Waals surface area contributed by atoms with E-state index in [-0.39, 0.29) is 0 Å². The van der Waals surface area contributed by atoms with Crippen molar-refractivity contribution < 1.29 is 4.74 Å². The van der Waals surface area contributed by atoms with Crippen molar-refractivity contribution in [2.45, 2.75) is 45.2 Å². The van der Waals surface area contributed by atoms with Crippen molar-refractivity contribution in [3.8, 4) is 5.06 Å². The van der Waals surface area contributed by atoms with Gasteiger partial charge in [0.1, 0.15) is 0 Å². The maximum atomic E-state index is 5.19. The molecule has 1 aliphatic rings. The van der Waals surface area contributed by atoms with Crippen molar-refractivity contribution in [3.63, 3.8) is 0 Å². The second-order valence-electron chi connectivity index (χ2n) is 4.76. The molecule has 1 aromatic rings. The highest BCUT2D eigenvalue weighted by Gasteiger charge is 2.17. The minimum atomic E-state index is 0.726. The molecule has 1 saturated carbocycles. The van der Waals surface area contributed by atoms with Crippen LogP contribution in [-0.2, 0) is 6.54 Å². The minimum Gasteiger partial charge on any atom is -0.487 e. The maximum Gasteiger partial charge on any atom is 0.173 e. The number of thiophene rings is 1. The van der Waals surface area contributed by atoms with E-state index in [0.29, 0.717) is 0 Å². The number of hydrogen-bond donors (Lipinski definition) is 1. The smallest absolute Gasteiger partial charge is 0.173 e. The topological polar surface area (TPSA) is 21.3 Å². The first-order chi connectivity index (χ1) is 7.78. The molecule has 0 unspecified atom stereocenters. The van der Waals surface area contributed by atoms with Crippen molar-refractivity contribution in [1.29, 1.82) is 0 Å². The molecule has 0 atom stereocenters. The van der Waals surface area contributed by atoms with Crippen LogP contribution in [0, 0.1) is 5.92 Å². The van der Waals surface area contributed by atoms with E-state index in [4.69, 9.17) is 4.74 Å². The molecule has 0 amide bonds. The van der Waals surface area contributed by atoms with Crippen LogP contribution in [0.2, 0.25) is 0 Å². The van der Waals surface area contributed by atoms with Crippen LogP contribution in [0.4, 0.5) is 0 Å². The predicted molar refractivity (Wildman–Crippen MR) is 69.1 cm³/mol. The van der Waals surface area contributed by atoms with Crippen molar-refractivity contribution in [2.24, 2.45) is 5.92 Å². The summed E-state index contributed by atoms with van der Waals surface area (Å²) >= 11 is 1.74. The molecule has 0 saturated heterocycles. The van der Waals surface area contributed by atoms with Gasteiger partial charge in [-0.1, -0.05) is 6.92 Å². The summed E-state index contributed by atoms with van der Waals surface area (Å²) in [7, 11) is 1.73. The van der Waals surface area contributed by atoms with Crippen molar-refractivity contribution in [2.75, 3.05) is 7.11 Å². The highest BCUT2D eigenvalue weighted by Crippen LogP contribution is 2.26. The van der Waals surface area contributed by atoms with Crippen LogP contribution in [0.5, 0.6) is 5.06 Å². The molecule has 1 N–H and O–H groups in total. The van der Waals surface area contributed by atoms with Crippen LogP contribution in [0.3, 0.4) is 0 Å². The van der Waals surface area contributed by atoms with E-state index < -0.39 is 0 Å². The lowest BCUT2D eigenvalue weighted by Gasteiger charge is -2.26. The summed E-state index contributed by atoms with van der Waals surface area (Å²) in [5.74, 6) is 0.930. The lowest BCUT2D eigenvalue weighted by Crippen LogP contribution is -2.31. The molecule has 0 radical (unpaired) electrons. The first kappa shape index (κ1) is 11.9. The average Bonchev–Trinajstić information content (AvgIpc) is 2.76. The first-order valence-corrected chi connectivity index (χ1v) is 6.95. The molecule has 3 heteroatoms. The van der Waals surface area contributed by atoms with Gasteiger partial charge in [-0.05, 0) is 43.7 Å². The van der Waals surface area contributed by atoms with Gasteiger partial charge in [0.2, 0.25) is 0 Å². The zero-order valence-corrected chi connectivity index (χ0v) is 11.0. The third-order valence-corrected chi connectivity index (χ3v) is 4.47. The van der Waals surface area contributed by atoms with E-state index in [2.05, 4.69) is 18.3 Å². The monoisotopic (exact) mass is 239 g/mol. The van der Waals surface area contributed by atoms with Crippen LogP contribution < -0.4 is 10.1 Å². The maximum absolute atomic E-state index is 5.19. The van der Waals surface area contributed by atoms with Crippen LogP contribution in [0.1, 0.15) is 37.5 Å². The summed E-state index contributed by atoms with van der Waals surface area (Å²) in [6.45, 7) is 3.35. The molecule has 16 heavy (non-hydrogen) atoms. The van der Waals surface area contributed by atoms with Crippen LogP contribution in [0.25, 0.3) is 0 Å². The van der Waals surface area contributed by atoms with E-state index in [9.17, 15) is 0 Å². The van der Waals surface area contributed by atoms with Gasteiger partial charge >= 0.3 is 0 Å². The lowest BCUT2D eigenvalue weighted by molar-refractivity contribution is 0.307. The van der Waals surface area contributed by atoms with Gasteiger partial charge in [0.25, 0.3) is 0 Å². The molecule has 1 aromatic heterocycles. The van der Waals surface area contributed by atoms with Gasteiger partial charge in [-0.2, -0.15) is 0 Å². The Morgan fingerprint density at radius 1 is 1.31 bits per heavy atom. The highest BCUT2D eigenvalue weighted by molar-refractivity contribution is 7.13. The van der Waals surface area contributed by atoms with Crippen LogP contribution in [0.15, 0.2) is 12.1 Å². The zero-order chi connectivity index (χ0) is 11.4. The van der Waals surface area contributed by atoms with Crippen molar-refractivity contribution >= 4 is 11.3 Å².